The van der Waals surface area contributed by atoms with Crippen LogP contribution in [-0.4, -0.2) is 41.8 Å². The fraction of sp³-hybridized carbons (Fsp3) is 0.952. The Morgan fingerprint density at radius 2 is 1.96 bits per heavy atom. The van der Waals surface area contributed by atoms with Crippen LogP contribution >= 0.6 is 0 Å². The third-order valence-corrected chi connectivity index (χ3v) is 9.63. The van der Waals surface area contributed by atoms with Crippen molar-refractivity contribution in [2.24, 2.45) is 34.0 Å². The molecule has 0 amide bonds. The van der Waals surface area contributed by atoms with Crippen molar-refractivity contribution in [1.82, 2.24) is 0 Å². The predicted molar refractivity (Wildman–Crippen MR) is 93.9 cm³/mol. The van der Waals surface area contributed by atoms with Gasteiger partial charge in [0.05, 0.1) is 17.6 Å². The highest BCUT2D eigenvalue weighted by atomic mass is 16.7. The zero-order valence-corrected chi connectivity index (χ0v) is 16.0. The van der Waals surface area contributed by atoms with E-state index in [0.29, 0.717) is 18.3 Å². The number of hydrogen-bond donors (Lipinski definition) is 2. The number of esters is 1. The van der Waals surface area contributed by atoms with Crippen LogP contribution in [0.5, 0.6) is 0 Å². The fourth-order valence-corrected chi connectivity index (χ4v) is 8.60. The molecule has 8 atom stereocenters. The molecular weight excluding hydrogens is 332 g/mol. The molecule has 0 aromatic heterocycles. The van der Waals surface area contributed by atoms with Crippen LogP contribution < -0.4 is 0 Å². The number of aliphatic hydroxyl groups excluding tert-OH is 1. The largest absolute Gasteiger partial charge is 0.435 e. The molecule has 0 aromatic carbocycles. The maximum atomic E-state index is 12.9. The van der Waals surface area contributed by atoms with Crippen molar-refractivity contribution in [2.75, 3.05) is 13.7 Å². The molecule has 5 rings (SSSR count). The van der Waals surface area contributed by atoms with Crippen LogP contribution in [-0.2, 0) is 14.3 Å². The molecular formula is C21H32O5. The number of cyclic esters (lactones) is 1. The summed E-state index contributed by atoms with van der Waals surface area (Å²) in [5, 5.41) is 20.8. The van der Waals surface area contributed by atoms with E-state index < -0.39 is 5.60 Å². The molecule has 5 aliphatic rings. The Hall–Kier alpha value is -0.650. The summed E-state index contributed by atoms with van der Waals surface area (Å²) >= 11 is 0. The topological polar surface area (TPSA) is 76.0 Å². The van der Waals surface area contributed by atoms with Gasteiger partial charge in [-0.15, -0.1) is 0 Å². The number of fused-ring (bicyclic) bond motifs is 4. The summed E-state index contributed by atoms with van der Waals surface area (Å²) in [6.45, 7) is 2.29. The number of hydrogen-bond acceptors (Lipinski definition) is 5. The van der Waals surface area contributed by atoms with E-state index in [9.17, 15) is 15.0 Å². The first-order chi connectivity index (χ1) is 12.3. The van der Waals surface area contributed by atoms with Crippen LogP contribution in [0.15, 0.2) is 0 Å². The maximum absolute atomic E-state index is 12.9. The molecule has 1 aliphatic heterocycles. The van der Waals surface area contributed by atoms with E-state index in [0.717, 1.165) is 51.4 Å². The first-order valence-electron chi connectivity index (χ1n) is 10.4. The second-order valence-electron chi connectivity index (χ2n) is 10.4. The molecule has 4 aliphatic carbocycles. The van der Waals surface area contributed by atoms with Crippen LogP contribution in [0.2, 0.25) is 0 Å². The molecule has 5 heteroatoms. The molecule has 4 saturated carbocycles. The molecule has 0 aromatic rings. The summed E-state index contributed by atoms with van der Waals surface area (Å²) in [7, 11) is 1.62. The van der Waals surface area contributed by atoms with Crippen LogP contribution in [0.25, 0.3) is 0 Å². The van der Waals surface area contributed by atoms with Crippen LogP contribution in [0.1, 0.15) is 64.7 Å². The van der Waals surface area contributed by atoms with Crippen molar-refractivity contribution in [2.45, 2.75) is 76.6 Å². The first kappa shape index (κ1) is 17.4. The summed E-state index contributed by atoms with van der Waals surface area (Å²) < 4.78 is 10.9. The van der Waals surface area contributed by atoms with Gasteiger partial charge in [0.25, 0.3) is 0 Å². The third kappa shape index (κ3) is 1.90. The zero-order valence-electron chi connectivity index (χ0n) is 16.0. The Labute approximate surface area is 155 Å². The summed E-state index contributed by atoms with van der Waals surface area (Å²) in [4.78, 5) is 12.9. The smallest absolute Gasteiger partial charge is 0.314 e. The monoisotopic (exact) mass is 364 g/mol. The van der Waals surface area contributed by atoms with Gasteiger partial charge in [-0.2, -0.15) is 0 Å². The molecule has 2 bridgehead atoms. The number of methoxy groups -OCH3 is 1. The van der Waals surface area contributed by atoms with Crippen molar-refractivity contribution in [3.63, 3.8) is 0 Å². The lowest BCUT2D eigenvalue weighted by molar-refractivity contribution is -0.165. The quantitative estimate of drug-likeness (QED) is 0.737. The standard InChI is InChI=1S/C21H32O5/c1-18-7-8-20(10-16(25-2)26-17(20)23)15(18)5-6-19-9-13(3-4-14(18)19)21(24,11-19)12-22/h13-16,22,24H,3-12H2,1-2H3/t13-,14+,15+,16?,18+,19+,20+,21+/m1/s1. The van der Waals surface area contributed by atoms with E-state index in [-0.39, 0.29) is 41.0 Å². The number of carbonyl (C=O) groups excluding carboxylic acids is 1. The maximum Gasteiger partial charge on any atom is 0.314 e. The van der Waals surface area contributed by atoms with Crippen molar-refractivity contribution >= 4 is 5.97 Å². The first-order valence-corrected chi connectivity index (χ1v) is 10.4. The highest BCUT2D eigenvalue weighted by molar-refractivity contribution is 5.80. The van der Waals surface area contributed by atoms with Crippen molar-refractivity contribution in [3.8, 4) is 0 Å². The minimum Gasteiger partial charge on any atom is -0.435 e. The molecule has 5 nitrogen and oxygen atoms in total. The Morgan fingerprint density at radius 3 is 2.65 bits per heavy atom. The van der Waals surface area contributed by atoms with E-state index in [1.54, 1.807) is 7.11 Å². The van der Waals surface area contributed by atoms with E-state index in [4.69, 9.17) is 9.47 Å². The Kier molecular flexibility index (Phi) is 3.51. The Morgan fingerprint density at radius 1 is 1.15 bits per heavy atom. The molecule has 1 unspecified atom stereocenters. The summed E-state index contributed by atoms with van der Waals surface area (Å²) in [5.74, 6) is 1.10. The average molecular weight is 364 g/mol. The molecule has 2 spiro atoms. The van der Waals surface area contributed by atoms with E-state index in [2.05, 4.69) is 6.92 Å². The van der Waals surface area contributed by atoms with Crippen molar-refractivity contribution in [1.29, 1.82) is 0 Å². The Balaban J connectivity index is 1.50. The number of ether oxygens (including phenoxy) is 2. The lowest BCUT2D eigenvalue weighted by Gasteiger charge is -2.57. The lowest BCUT2D eigenvalue weighted by atomic mass is 9.46. The van der Waals surface area contributed by atoms with Gasteiger partial charge in [0.2, 0.25) is 6.29 Å². The minimum atomic E-state index is -0.887. The summed E-state index contributed by atoms with van der Waals surface area (Å²) in [6.07, 6.45) is 8.32. The van der Waals surface area contributed by atoms with E-state index in [1.807, 2.05) is 0 Å². The predicted octanol–water partition coefficient (Wildman–Crippen LogP) is 2.63. The van der Waals surface area contributed by atoms with Crippen molar-refractivity contribution in [3.05, 3.63) is 0 Å². The van der Waals surface area contributed by atoms with Gasteiger partial charge in [0, 0.05) is 13.5 Å². The second-order valence-corrected chi connectivity index (χ2v) is 10.4. The molecule has 1 heterocycles. The second kappa shape index (κ2) is 5.24. The Bertz CT molecular complexity index is 636. The van der Waals surface area contributed by atoms with Gasteiger partial charge in [-0.05, 0) is 80.0 Å². The highest BCUT2D eigenvalue weighted by Gasteiger charge is 2.72. The molecule has 146 valence electrons. The average Bonchev–Trinajstić information content (AvgIpc) is 3.18. The molecule has 5 fully saturated rings. The molecule has 2 N–H and O–H groups in total. The van der Waals surface area contributed by atoms with Gasteiger partial charge < -0.3 is 19.7 Å². The number of carbonyl (C=O) groups is 1. The van der Waals surface area contributed by atoms with Crippen LogP contribution in [0.3, 0.4) is 0 Å². The van der Waals surface area contributed by atoms with Gasteiger partial charge in [0.15, 0.2) is 0 Å². The normalized spacial score (nSPS) is 57.9. The van der Waals surface area contributed by atoms with Gasteiger partial charge in [-0.25, -0.2) is 0 Å². The molecule has 0 radical (unpaired) electrons. The summed E-state index contributed by atoms with van der Waals surface area (Å²) in [6, 6.07) is 0. The summed E-state index contributed by atoms with van der Waals surface area (Å²) in [5.41, 5.74) is -0.965. The SMILES string of the molecule is COC1C[C@]2(CC[C@@]3(C)[C@@H]4CC[C@@H]5C[C@@]4(CC[C@H]23)C[C@]5(O)CO)C(=O)O1. The van der Waals surface area contributed by atoms with Gasteiger partial charge in [-0.1, -0.05) is 6.92 Å². The highest BCUT2D eigenvalue weighted by Crippen LogP contribution is 2.75. The minimum absolute atomic E-state index is 0.0407. The lowest BCUT2D eigenvalue weighted by Crippen LogP contribution is -2.51. The third-order valence-electron chi connectivity index (χ3n) is 9.63. The molecule has 1 saturated heterocycles. The van der Waals surface area contributed by atoms with E-state index >= 15 is 0 Å². The number of aliphatic hydroxyl groups is 2. The van der Waals surface area contributed by atoms with Gasteiger partial charge in [0.1, 0.15) is 0 Å². The fourth-order valence-electron chi connectivity index (χ4n) is 8.60. The van der Waals surface area contributed by atoms with E-state index in [1.165, 1.54) is 0 Å². The van der Waals surface area contributed by atoms with Crippen molar-refractivity contribution < 1.29 is 24.5 Å². The van der Waals surface area contributed by atoms with Crippen LogP contribution in [0, 0.1) is 34.0 Å². The number of rotatable bonds is 2. The van der Waals surface area contributed by atoms with Crippen LogP contribution in [0.4, 0.5) is 0 Å². The molecule has 26 heavy (non-hydrogen) atoms. The zero-order chi connectivity index (χ0) is 18.4. The van der Waals surface area contributed by atoms with Gasteiger partial charge >= 0.3 is 5.97 Å². The van der Waals surface area contributed by atoms with Gasteiger partial charge in [-0.3, -0.25) is 4.79 Å².